The van der Waals surface area contributed by atoms with Gasteiger partial charge in [0.1, 0.15) is 0 Å². The van der Waals surface area contributed by atoms with E-state index in [0.29, 0.717) is 6.04 Å². The van der Waals surface area contributed by atoms with Gasteiger partial charge in [-0.3, -0.25) is 0 Å². The Morgan fingerprint density at radius 3 is 2.71 bits per heavy atom. The fraction of sp³-hybridized carbons (Fsp3) is 0.571. The van der Waals surface area contributed by atoms with Crippen LogP contribution in [0.3, 0.4) is 0 Å². The van der Waals surface area contributed by atoms with Crippen molar-refractivity contribution in [3.05, 3.63) is 30.3 Å². The van der Waals surface area contributed by atoms with Crippen LogP contribution in [0.25, 0.3) is 0 Å². The molecule has 3 heteroatoms. The summed E-state index contributed by atoms with van der Waals surface area (Å²) in [4.78, 5) is 4.98. The second-order valence-electron chi connectivity index (χ2n) is 4.86. The van der Waals surface area contributed by atoms with Gasteiger partial charge in [0.05, 0.1) is 6.04 Å². The molecule has 0 amide bonds. The number of rotatable bonds is 3. The molecule has 1 aromatic carbocycles. The average molecular weight is 233 g/mol. The van der Waals surface area contributed by atoms with Crippen LogP contribution in [0.15, 0.2) is 30.3 Å². The van der Waals surface area contributed by atoms with Crippen LogP contribution < -0.4 is 10.2 Å². The highest BCUT2D eigenvalue weighted by atomic mass is 15.2. The lowest BCUT2D eigenvalue weighted by Gasteiger charge is -2.32. The molecule has 0 aromatic heterocycles. The van der Waals surface area contributed by atoms with E-state index in [1.54, 1.807) is 0 Å². The van der Waals surface area contributed by atoms with Crippen LogP contribution in [0.4, 0.5) is 5.69 Å². The minimum atomic E-state index is 0.565. The topological polar surface area (TPSA) is 18.5 Å². The van der Waals surface area contributed by atoms with E-state index in [-0.39, 0.29) is 0 Å². The van der Waals surface area contributed by atoms with Crippen LogP contribution in [0.1, 0.15) is 6.42 Å². The fourth-order valence-corrected chi connectivity index (χ4v) is 2.61. The number of nitrogens with zero attached hydrogens (tertiary/aromatic N) is 2. The molecular weight excluding hydrogens is 210 g/mol. The SMILES string of the molecule is CNCC1CN(C)CCCN1c1ccccc1. The summed E-state index contributed by atoms with van der Waals surface area (Å²) in [6.07, 6.45) is 1.24. The van der Waals surface area contributed by atoms with Crippen molar-refractivity contribution in [1.29, 1.82) is 0 Å². The van der Waals surface area contributed by atoms with Gasteiger partial charge < -0.3 is 15.1 Å². The highest BCUT2D eigenvalue weighted by Crippen LogP contribution is 2.19. The van der Waals surface area contributed by atoms with Gasteiger partial charge in [-0.1, -0.05) is 18.2 Å². The maximum atomic E-state index is 3.32. The Bertz CT molecular complexity index is 325. The van der Waals surface area contributed by atoms with Gasteiger partial charge in [-0.15, -0.1) is 0 Å². The summed E-state index contributed by atoms with van der Waals surface area (Å²) in [5.41, 5.74) is 1.35. The monoisotopic (exact) mass is 233 g/mol. The Morgan fingerprint density at radius 2 is 2.00 bits per heavy atom. The number of nitrogens with one attached hydrogen (secondary N) is 1. The van der Waals surface area contributed by atoms with Crippen LogP contribution in [-0.2, 0) is 0 Å². The molecule has 1 aliphatic rings. The van der Waals surface area contributed by atoms with E-state index in [1.165, 1.54) is 18.7 Å². The van der Waals surface area contributed by atoms with Gasteiger partial charge in [-0.05, 0) is 39.2 Å². The lowest BCUT2D eigenvalue weighted by atomic mass is 10.2. The minimum Gasteiger partial charge on any atom is -0.366 e. The van der Waals surface area contributed by atoms with Crippen LogP contribution in [0, 0.1) is 0 Å². The molecule has 1 saturated heterocycles. The maximum Gasteiger partial charge on any atom is 0.0541 e. The molecule has 1 atom stereocenters. The van der Waals surface area contributed by atoms with E-state index >= 15 is 0 Å². The molecule has 1 fully saturated rings. The number of likely N-dealkylation sites (N-methyl/N-ethyl adjacent to an activating group) is 2. The van der Waals surface area contributed by atoms with Gasteiger partial charge in [-0.2, -0.15) is 0 Å². The molecular formula is C14H23N3. The van der Waals surface area contributed by atoms with Gasteiger partial charge in [0, 0.05) is 25.3 Å². The van der Waals surface area contributed by atoms with E-state index in [0.717, 1.165) is 19.6 Å². The molecule has 0 radical (unpaired) electrons. The third-order valence-electron chi connectivity index (χ3n) is 3.43. The first kappa shape index (κ1) is 12.4. The Labute approximate surface area is 104 Å². The molecule has 0 saturated carbocycles. The van der Waals surface area contributed by atoms with Gasteiger partial charge in [0.15, 0.2) is 0 Å². The quantitative estimate of drug-likeness (QED) is 0.852. The van der Waals surface area contributed by atoms with Crippen molar-refractivity contribution in [1.82, 2.24) is 10.2 Å². The van der Waals surface area contributed by atoms with Crippen molar-refractivity contribution in [3.63, 3.8) is 0 Å². The fourth-order valence-electron chi connectivity index (χ4n) is 2.61. The molecule has 1 aromatic rings. The Balaban J connectivity index is 2.16. The summed E-state index contributed by atoms with van der Waals surface area (Å²) in [5, 5.41) is 3.32. The van der Waals surface area contributed by atoms with Crippen molar-refractivity contribution in [2.45, 2.75) is 12.5 Å². The molecule has 1 aliphatic heterocycles. The summed E-state index contributed by atoms with van der Waals surface area (Å²) >= 11 is 0. The summed E-state index contributed by atoms with van der Waals surface area (Å²) in [7, 11) is 4.26. The zero-order chi connectivity index (χ0) is 12.1. The van der Waals surface area contributed by atoms with Crippen molar-refractivity contribution >= 4 is 5.69 Å². The van der Waals surface area contributed by atoms with Gasteiger partial charge in [0.25, 0.3) is 0 Å². The normalized spacial score (nSPS) is 22.5. The highest BCUT2D eigenvalue weighted by molar-refractivity contribution is 5.47. The number of hydrogen-bond acceptors (Lipinski definition) is 3. The van der Waals surface area contributed by atoms with Gasteiger partial charge in [0.2, 0.25) is 0 Å². The molecule has 94 valence electrons. The zero-order valence-electron chi connectivity index (χ0n) is 10.9. The third kappa shape index (κ3) is 3.20. The molecule has 1 N–H and O–H groups in total. The second kappa shape index (κ2) is 6.03. The maximum absolute atomic E-state index is 3.32. The Kier molecular flexibility index (Phi) is 4.40. The molecule has 1 heterocycles. The lowest BCUT2D eigenvalue weighted by molar-refractivity contribution is 0.328. The summed E-state index contributed by atoms with van der Waals surface area (Å²) in [5.74, 6) is 0. The Hall–Kier alpha value is -1.06. The zero-order valence-corrected chi connectivity index (χ0v) is 10.9. The molecule has 2 rings (SSSR count). The lowest BCUT2D eigenvalue weighted by Crippen LogP contribution is -2.46. The first-order chi connectivity index (χ1) is 8.31. The van der Waals surface area contributed by atoms with Crippen LogP contribution in [0.5, 0.6) is 0 Å². The van der Waals surface area contributed by atoms with Crippen molar-refractivity contribution in [2.75, 3.05) is 45.2 Å². The van der Waals surface area contributed by atoms with E-state index in [9.17, 15) is 0 Å². The number of benzene rings is 1. The standard InChI is InChI=1S/C14H23N3/c1-15-11-14-12-16(2)9-6-10-17(14)13-7-4-3-5-8-13/h3-5,7-8,14-15H,6,9-12H2,1-2H3. The number of anilines is 1. The summed E-state index contributed by atoms with van der Waals surface area (Å²) in [6, 6.07) is 11.3. The van der Waals surface area contributed by atoms with Gasteiger partial charge in [-0.25, -0.2) is 0 Å². The third-order valence-corrected chi connectivity index (χ3v) is 3.43. The smallest absolute Gasteiger partial charge is 0.0541 e. The van der Waals surface area contributed by atoms with Crippen LogP contribution >= 0.6 is 0 Å². The molecule has 3 nitrogen and oxygen atoms in total. The predicted molar refractivity (Wildman–Crippen MR) is 73.6 cm³/mol. The van der Waals surface area contributed by atoms with Crippen molar-refractivity contribution in [3.8, 4) is 0 Å². The number of hydrogen-bond donors (Lipinski definition) is 1. The second-order valence-corrected chi connectivity index (χ2v) is 4.86. The average Bonchev–Trinajstić information content (AvgIpc) is 2.52. The largest absolute Gasteiger partial charge is 0.366 e. The van der Waals surface area contributed by atoms with Crippen LogP contribution in [-0.4, -0.2) is 51.2 Å². The Morgan fingerprint density at radius 1 is 1.24 bits per heavy atom. The van der Waals surface area contributed by atoms with E-state index < -0.39 is 0 Å². The van der Waals surface area contributed by atoms with E-state index in [1.807, 2.05) is 7.05 Å². The molecule has 0 bridgehead atoms. The number of para-hydroxylation sites is 1. The van der Waals surface area contributed by atoms with Crippen molar-refractivity contribution in [2.24, 2.45) is 0 Å². The predicted octanol–water partition coefficient (Wildman–Crippen LogP) is 1.42. The molecule has 0 spiro atoms. The van der Waals surface area contributed by atoms with E-state index in [4.69, 9.17) is 0 Å². The van der Waals surface area contributed by atoms with Crippen molar-refractivity contribution < 1.29 is 0 Å². The van der Waals surface area contributed by atoms with Gasteiger partial charge >= 0.3 is 0 Å². The highest BCUT2D eigenvalue weighted by Gasteiger charge is 2.22. The van der Waals surface area contributed by atoms with Crippen LogP contribution in [0.2, 0.25) is 0 Å². The summed E-state index contributed by atoms with van der Waals surface area (Å²) in [6.45, 7) is 4.53. The molecule has 1 unspecified atom stereocenters. The summed E-state index contributed by atoms with van der Waals surface area (Å²) < 4.78 is 0. The van der Waals surface area contributed by atoms with E-state index in [2.05, 4.69) is 52.5 Å². The first-order valence-electron chi connectivity index (χ1n) is 6.46. The minimum absolute atomic E-state index is 0.565. The first-order valence-corrected chi connectivity index (χ1v) is 6.46. The molecule has 0 aliphatic carbocycles. The molecule has 17 heavy (non-hydrogen) atoms.